The number of nitrogens with two attached hydrogens (primary N) is 1. The number of hydrogen-bond acceptors (Lipinski definition) is 4. The number of fused-ring (bicyclic) bond motifs is 2. The Morgan fingerprint density at radius 3 is 2.38 bits per heavy atom. The number of carboxylic acid groups (broad SMARTS) is 1. The van der Waals surface area contributed by atoms with Gasteiger partial charge in [0.15, 0.2) is 0 Å². The van der Waals surface area contributed by atoms with Gasteiger partial charge in [-0.25, -0.2) is 0 Å². The maximum atomic E-state index is 14.6. The van der Waals surface area contributed by atoms with Crippen molar-refractivity contribution in [3.63, 3.8) is 0 Å². The predicted molar refractivity (Wildman–Crippen MR) is 197 cm³/mol. The van der Waals surface area contributed by atoms with Gasteiger partial charge < -0.3 is 25.6 Å². The maximum Gasteiger partial charge on any atom is 0.303 e. The number of unbranched alkanes of at least 4 members (excludes halogenated alkanes) is 1. The second-order valence-electron chi connectivity index (χ2n) is 12.7. The fraction of sp³-hybridized carbons (Fsp3) is 0.300. The number of carbonyl (C=O) groups is 4. The van der Waals surface area contributed by atoms with Crippen LogP contribution in [-0.4, -0.2) is 56.9 Å². The highest BCUT2D eigenvalue weighted by molar-refractivity contribution is 6.31. The highest BCUT2D eigenvalue weighted by Crippen LogP contribution is 2.26. The molecule has 0 bridgehead atoms. The lowest BCUT2D eigenvalue weighted by Gasteiger charge is -2.34. The number of hydrogen-bond donors (Lipinski definition) is 3. The Kier molecular flexibility index (Phi) is 12.3. The standard InChI is InChI=1S/C40H43ClN4O5/c1-2-3-21-45(31(24-37(42)46)23-27-19-20-28-11-4-5-12-29(28)22-27)40(50)35(16-10-18-38(47)48)43-39(49)33-26-44(36-17-9-7-14-32(33)36)25-30-13-6-8-15-34(30)41/h4-9,11-15,17,19-20,22,26,31,35H,2-3,10,16,18,21,23-25H2,1H3,(H2,42,46)(H,43,49)(H,47,48)/t31-,35-/m0/s1. The molecule has 5 rings (SSSR count). The summed E-state index contributed by atoms with van der Waals surface area (Å²) in [6.07, 6.45) is 3.67. The van der Waals surface area contributed by atoms with Crippen molar-refractivity contribution in [1.82, 2.24) is 14.8 Å². The first kappa shape index (κ1) is 36.1. The predicted octanol–water partition coefficient (Wildman–Crippen LogP) is 6.96. The Hall–Kier alpha value is -5.15. The third kappa shape index (κ3) is 9.09. The van der Waals surface area contributed by atoms with Crippen LogP contribution in [0, 0.1) is 0 Å². The van der Waals surface area contributed by atoms with E-state index < -0.39 is 29.9 Å². The number of aromatic nitrogens is 1. The van der Waals surface area contributed by atoms with E-state index in [9.17, 15) is 24.3 Å². The molecule has 0 unspecified atom stereocenters. The molecule has 4 N–H and O–H groups in total. The molecule has 9 nitrogen and oxygen atoms in total. The van der Waals surface area contributed by atoms with E-state index in [4.69, 9.17) is 17.3 Å². The van der Waals surface area contributed by atoms with Crippen LogP contribution in [0.1, 0.15) is 66.9 Å². The van der Waals surface area contributed by atoms with Gasteiger partial charge in [-0.05, 0) is 59.7 Å². The van der Waals surface area contributed by atoms with Gasteiger partial charge in [0.1, 0.15) is 6.04 Å². The number of amides is 3. The smallest absolute Gasteiger partial charge is 0.303 e. The van der Waals surface area contributed by atoms with E-state index in [0.29, 0.717) is 41.9 Å². The van der Waals surface area contributed by atoms with E-state index in [0.717, 1.165) is 33.8 Å². The average molecular weight is 695 g/mol. The summed E-state index contributed by atoms with van der Waals surface area (Å²) in [6, 6.07) is 27.5. The minimum Gasteiger partial charge on any atom is -0.481 e. The van der Waals surface area contributed by atoms with Crippen LogP contribution < -0.4 is 11.1 Å². The van der Waals surface area contributed by atoms with Crippen LogP contribution in [0.4, 0.5) is 0 Å². The fourth-order valence-corrected chi connectivity index (χ4v) is 6.68. The maximum absolute atomic E-state index is 14.6. The van der Waals surface area contributed by atoms with Gasteiger partial charge in [-0.3, -0.25) is 19.2 Å². The molecule has 3 amide bonds. The molecule has 0 aliphatic rings. The summed E-state index contributed by atoms with van der Waals surface area (Å²) in [4.78, 5) is 54.2. The Morgan fingerprint density at radius 2 is 1.64 bits per heavy atom. The molecule has 1 heterocycles. The minimum absolute atomic E-state index is 0.0619. The number of rotatable bonds is 17. The van der Waals surface area contributed by atoms with Gasteiger partial charge in [0.2, 0.25) is 11.8 Å². The molecule has 0 saturated heterocycles. The molecule has 0 fully saturated rings. The number of aliphatic carboxylic acids is 1. The highest BCUT2D eigenvalue weighted by atomic mass is 35.5. The summed E-state index contributed by atoms with van der Waals surface area (Å²) in [5.41, 5.74) is 8.79. The third-order valence-corrected chi connectivity index (χ3v) is 9.39. The van der Waals surface area contributed by atoms with E-state index >= 15 is 0 Å². The number of nitrogens with zero attached hydrogens (tertiary/aromatic N) is 2. The molecule has 0 radical (unpaired) electrons. The van der Waals surface area contributed by atoms with Gasteiger partial charge in [0, 0.05) is 54.1 Å². The zero-order valence-electron chi connectivity index (χ0n) is 28.2. The van der Waals surface area contributed by atoms with Crippen LogP contribution >= 0.6 is 11.6 Å². The molecule has 10 heteroatoms. The van der Waals surface area contributed by atoms with Crippen LogP contribution in [0.25, 0.3) is 21.7 Å². The first-order valence-electron chi connectivity index (χ1n) is 17.0. The highest BCUT2D eigenvalue weighted by Gasteiger charge is 2.32. The number of para-hydroxylation sites is 1. The molecule has 1 aromatic heterocycles. The molecule has 260 valence electrons. The molecule has 0 aliphatic heterocycles. The zero-order valence-corrected chi connectivity index (χ0v) is 28.9. The summed E-state index contributed by atoms with van der Waals surface area (Å²) >= 11 is 6.46. The van der Waals surface area contributed by atoms with Gasteiger partial charge in [0.05, 0.1) is 5.56 Å². The van der Waals surface area contributed by atoms with E-state index in [2.05, 4.69) is 11.4 Å². The molecule has 2 atom stereocenters. The number of carbonyl (C=O) groups excluding carboxylic acids is 3. The second kappa shape index (κ2) is 17.0. The Labute approximate surface area is 297 Å². The molecular formula is C40H43ClN4O5. The number of halogens is 1. The molecule has 50 heavy (non-hydrogen) atoms. The fourth-order valence-electron chi connectivity index (χ4n) is 6.48. The van der Waals surface area contributed by atoms with Crippen molar-refractivity contribution in [2.45, 2.75) is 70.5 Å². The van der Waals surface area contributed by atoms with Crippen molar-refractivity contribution in [3.05, 3.63) is 119 Å². The largest absolute Gasteiger partial charge is 0.481 e. The molecule has 5 aromatic rings. The van der Waals surface area contributed by atoms with E-state index in [1.54, 1.807) is 11.1 Å². The van der Waals surface area contributed by atoms with Crippen molar-refractivity contribution in [3.8, 4) is 0 Å². The summed E-state index contributed by atoms with van der Waals surface area (Å²) in [5, 5.41) is 15.8. The van der Waals surface area contributed by atoms with Crippen LogP contribution in [0.5, 0.6) is 0 Å². The number of nitrogens with one attached hydrogen (secondary N) is 1. The van der Waals surface area contributed by atoms with Crippen LogP contribution in [0.3, 0.4) is 0 Å². The van der Waals surface area contributed by atoms with Gasteiger partial charge in [-0.15, -0.1) is 0 Å². The van der Waals surface area contributed by atoms with Gasteiger partial charge in [-0.1, -0.05) is 104 Å². The van der Waals surface area contributed by atoms with E-state index in [-0.39, 0.29) is 31.6 Å². The molecule has 0 saturated carbocycles. The zero-order chi connectivity index (χ0) is 35.6. The van der Waals surface area contributed by atoms with Crippen LogP contribution in [-0.2, 0) is 27.3 Å². The van der Waals surface area contributed by atoms with Crippen molar-refractivity contribution in [2.24, 2.45) is 5.73 Å². The van der Waals surface area contributed by atoms with Crippen molar-refractivity contribution in [1.29, 1.82) is 0 Å². The Morgan fingerprint density at radius 1 is 0.920 bits per heavy atom. The lowest BCUT2D eigenvalue weighted by Crippen LogP contribution is -2.53. The third-order valence-electron chi connectivity index (χ3n) is 9.02. The normalized spacial score (nSPS) is 12.4. The summed E-state index contributed by atoms with van der Waals surface area (Å²) in [7, 11) is 0. The molecule has 4 aromatic carbocycles. The van der Waals surface area contributed by atoms with Crippen LogP contribution in [0.2, 0.25) is 5.02 Å². The number of primary amides is 1. The Bertz CT molecular complexity index is 1990. The topological polar surface area (TPSA) is 135 Å². The monoisotopic (exact) mass is 694 g/mol. The second-order valence-corrected chi connectivity index (χ2v) is 13.1. The SMILES string of the molecule is CCCCN(C(=O)[C@H](CCCC(=O)O)NC(=O)c1cn(Cc2ccccc2Cl)c2ccccc12)[C@H](CC(N)=O)Cc1ccc2ccccc2c1. The van der Waals surface area contributed by atoms with E-state index in [1.165, 1.54) is 0 Å². The van der Waals surface area contributed by atoms with E-state index in [1.807, 2.05) is 96.4 Å². The number of benzene rings is 4. The van der Waals surface area contributed by atoms with Gasteiger partial charge in [-0.2, -0.15) is 0 Å². The number of carboxylic acids is 1. The first-order chi connectivity index (χ1) is 24.1. The quantitative estimate of drug-likeness (QED) is 0.0967. The molecule has 0 aliphatic carbocycles. The molecule has 0 spiro atoms. The lowest BCUT2D eigenvalue weighted by molar-refractivity contribution is -0.139. The average Bonchev–Trinajstić information content (AvgIpc) is 3.46. The minimum atomic E-state index is -1.03. The lowest BCUT2D eigenvalue weighted by atomic mass is 9.97. The first-order valence-corrected chi connectivity index (χ1v) is 17.4. The summed E-state index contributed by atoms with van der Waals surface area (Å²) in [6.45, 7) is 2.80. The van der Waals surface area contributed by atoms with Gasteiger partial charge in [0.25, 0.3) is 5.91 Å². The summed E-state index contributed by atoms with van der Waals surface area (Å²) in [5.74, 6) is -2.35. The van der Waals surface area contributed by atoms with Gasteiger partial charge >= 0.3 is 5.97 Å². The van der Waals surface area contributed by atoms with Crippen LogP contribution in [0.15, 0.2) is 97.2 Å². The van der Waals surface area contributed by atoms with Crippen molar-refractivity contribution >= 4 is 57.0 Å². The van der Waals surface area contributed by atoms with Crippen molar-refractivity contribution in [2.75, 3.05) is 6.54 Å². The Balaban J connectivity index is 1.46. The van der Waals surface area contributed by atoms with Crippen molar-refractivity contribution < 1.29 is 24.3 Å². The molecular weight excluding hydrogens is 652 g/mol. The summed E-state index contributed by atoms with van der Waals surface area (Å²) < 4.78 is 1.95.